The molecule has 128 valence electrons. The number of anilines is 1. The quantitative estimate of drug-likeness (QED) is 0.647. The molecule has 0 unspecified atom stereocenters. The first-order chi connectivity index (χ1) is 12.1. The van der Waals surface area contributed by atoms with Crippen LogP contribution in [0, 0.1) is 0 Å². The second-order valence-corrected chi connectivity index (χ2v) is 8.04. The summed E-state index contributed by atoms with van der Waals surface area (Å²) in [5.74, 6) is -0.225. The summed E-state index contributed by atoms with van der Waals surface area (Å²) >= 11 is 8.68. The number of thiophene rings is 2. The molecule has 4 nitrogen and oxygen atoms in total. The molecule has 0 fully saturated rings. The summed E-state index contributed by atoms with van der Waals surface area (Å²) < 4.78 is 0.578. The maximum Gasteiger partial charge on any atom is 0.265 e. The molecule has 3 rings (SSSR count). The van der Waals surface area contributed by atoms with Crippen molar-refractivity contribution in [2.75, 3.05) is 5.32 Å². The van der Waals surface area contributed by atoms with E-state index in [0.717, 1.165) is 10.4 Å². The standard InChI is InChI=1S/C18H15ClN2O2S2/c19-16-8-7-15(25-16)18(23)21-13-5-3-12(4-6-13)10-17(22)20-11-14-2-1-9-24-14/h1-9H,10-11H2,(H,20,22)(H,21,23). The van der Waals surface area contributed by atoms with Gasteiger partial charge < -0.3 is 10.6 Å². The van der Waals surface area contributed by atoms with Crippen LogP contribution in [0.5, 0.6) is 0 Å². The maximum atomic E-state index is 12.1. The van der Waals surface area contributed by atoms with E-state index in [-0.39, 0.29) is 11.8 Å². The Balaban J connectivity index is 1.51. The van der Waals surface area contributed by atoms with Gasteiger partial charge in [0.25, 0.3) is 5.91 Å². The lowest BCUT2D eigenvalue weighted by molar-refractivity contribution is -0.120. The SMILES string of the molecule is O=C(Cc1ccc(NC(=O)c2ccc(Cl)s2)cc1)NCc1cccs1. The first-order valence-corrected chi connectivity index (χ1v) is 9.62. The van der Waals surface area contributed by atoms with Crippen LogP contribution < -0.4 is 10.6 Å². The van der Waals surface area contributed by atoms with Gasteiger partial charge in [0.2, 0.25) is 5.91 Å². The molecular formula is C18H15ClN2O2S2. The Bertz CT molecular complexity index is 858. The smallest absolute Gasteiger partial charge is 0.265 e. The van der Waals surface area contributed by atoms with Crippen LogP contribution in [0.4, 0.5) is 5.69 Å². The summed E-state index contributed by atoms with van der Waals surface area (Å²) in [5, 5.41) is 7.69. The van der Waals surface area contributed by atoms with Gasteiger partial charge in [-0.15, -0.1) is 22.7 Å². The zero-order valence-electron chi connectivity index (χ0n) is 13.1. The van der Waals surface area contributed by atoms with Gasteiger partial charge in [0.05, 0.1) is 22.2 Å². The van der Waals surface area contributed by atoms with E-state index in [0.29, 0.717) is 27.9 Å². The molecule has 0 atom stereocenters. The highest BCUT2D eigenvalue weighted by atomic mass is 35.5. The van der Waals surface area contributed by atoms with Crippen molar-refractivity contribution in [2.24, 2.45) is 0 Å². The minimum absolute atomic E-state index is 0.0292. The second-order valence-electron chi connectivity index (χ2n) is 5.29. The van der Waals surface area contributed by atoms with Crippen LogP contribution in [0.2, 0.25) is 4.34 Å². The van der Waals surface area contributed by atoms with Crippen molar-refractivity contribution in [3.63, 3.8) is 0 Å². The molecule has 0 aliphatic heterocycles. The first kappa shape index (κ1) is 17.7. The molecule has 0 aliphatic rings. The predicted octanol–water partition coefficient (Wildman–Crippen LogP) is 4.57. The van der Waals surface area contributed by atoms with E-state index in [1.54, 1.807) is 35.6 Å². The number of halogens is 1. The molecule has 1 aromatic carbocycles. The monoisotopic (exact) mass is 390 g/mol. The van der Waals surface area contributed by atoms with Gasteiger partial charge >= 0.3 is 0 Å². The summed E-state index contributed by atoms with van der Waals surface area (Å²) in [5.41, 5.74) is 1.57. The molecule has 0 aliphatic carbocycles. The third kappa shape index (κ3) is 5.16. The lowest BCUT2D eigenvalue weighted by Crippen LogP contribution is -2.24. The van der Waals surface area contributed by atoms with Crippen LogP contribution >= 0.6 is 34.3 Å². The lowest BCUT2D eigenvalue weighted by atomic mass is 10.1. The Kier molecular flexibility index (Phi) is 5.86. The molecule has 0 spiro atoms. The normalized spacial score (nSPS) is 10.4. The van der Waals surface area contributed by atoms with Gasteiger partial charge in [-0.1, -0.05) is 29.8 Å². The van der Waals surface area contributed by atoms with Crippen molar-refractivity contribution in [1.29, 1.82) is 0 Å². The van der Waals surface area contributed by atoms with Gasteiger partial charge in [0.1, 0.15) is 0 Å². The summed E-state index contributed by atoms with van der Waals surface area (Å²) in [6.45, 7) is 0.550. The van der Waals surface area contributed by atoms with Crippen molar-refractivity contribution in [3.8, 4) is 0 Å². The highest BCUT2D eigenvalue weighted by Crippen LogP contribution is 2.22. The zero-order chi connectivity index (χ0) is 17.6. The molecule has 0 saturated carbocycles. The van der Waals surface area contributed by atoms with Gasteiger partial charge in [0, 0.05) is 10.6 Å². The molecule has 25 heavy (non-hydrogen) atoms. The number of rotatable bonds is 6. The second kappa shape index (κ2) is 8.29. The van der Waals surface area contributed by atoms with Crippen molar-refractivity contribution in [3.05, 3.63) is 73.6 Å². The molecule has 3 aromatic rings. The third-order valence-electron chi connectivity index (χ3n) is 3.41. The Hall–Kier alpha value is -2.15. The van der Waals surface area contributed by atoms with Gasteiger partial charge in [-0.2, -0.15) is 0 Å². The fourth-order valence-corrected chi connectivity index (χ4v) is 3.76. The highest BCUT2D eigenvalue weighted by Gasteiger charge is 2.09. The summed E-state index contributed by atoms with van der Waals surface area (Å²) in [6.07, 6.45) is 0.306. The van der Waals surface area contributed by atoms with Crippen LogP contribution in [0.25, 0.3) is 0 Å². The highest BCUT2D eigenvalue weighted by molar-refractivity contribution is 7.18. The van der Waals surface area contributed by atoms with Gasteiger partial charge in [-0.05, 0) is 41.3 Å². The van der Waals surface area contributed by atoms with Crippen LogP contribution in [-0.4, -0.2) is 11.8 Å². The van der Waals surface area contributed by atoms with Crippen molar-refractivity contribution in [2.45, 2.75) is 13.0 Å². The van der Waals surface area contributed by atoms with E-state index < -0.39 is 0 Å². The Morgan fingerprint density at radius 1 is 1.04 bits per heavy atom. The first-order valence-electron chi connectivity index (χ1n) is 7.55. The molecule has 2 N–H and O–H groups in total. The fourth-order valence-electron chi connectivity index (χ4n) is 2.18. The van der Waals surface area contributed by atoms with E-state index in [1.165, 1.54) is 11.3 Å². The summed E-state index contributed by atoms with van der Waals surface area (Å²) in [6, 6.07) is 14.6. The van der Waals surface area contributed by atoms with Crippen molar-refractivity contribution < 1.29 is 9.59 Å². The molecule has 0 radical (unpaired) electrons. The Morgan fingerprint density at radius 2 is 1.84 bits per heavy atom. The molecule has 0 saturated heterocycles. The van der Waals surface area contributed by atoms with Crippen LogP contribution in [0.1, 0.15) is 20.1 Å². The van der Waals surface area contributed by atoms with E-state index in [4.69, 9.17) is 11.6 Å². The fraction of sp³-hybridized carbons (Fsp3) is 0.111. The number of hydrogen-bond acceptors (Lipinski definition) is 4. The Morgan fingerprint density at radius 3 is 2.48 bits per heavy atom. The van der Waals surface area contributed by atoms with Crippen LogP contribution in [0.15, 0.2) is 53.9 Å². The number of carbonyl (C=O) groups excluding carboxylic acids is 2. The topological polar surface area (TPSA) is 58.2 Å². The average molecular weight is 391 g/mol. The number of nitrogens with one attached hydrogen (secondary N) is 2. The van der Waals surface area contributed by atoms with Gasteiger partial charge in [-0.3, -0.25) is 9.59 Å². The number of carbonyl (C=O) groups is 2. The predicted molar refractivity (Wildman–Crippen MR) is 104 cm³/mol. The molecule has 2 heterocycles. The van der Waals surface area contributed by atoms with Gasteiger partial charge in [-0.25, -0.2) is 0 Å². The molecular weight excluding hydrogens is 376 g/mol. The molecule has 7 heteroatoms. The van der Waals surface area contributed by atoms with Crippen LogP contribution in [-0.2, 0) is 17.8 Å². The number of amides is 2. The van der Waals surface area contributed by atoms with E-state index >= 15 is 0 Å². The maximum absolute atomic E-state index is 12.1. The van der Waals surface area contributed by atoms with E-state index in [2.05, 4.69) is 10.6 Å². The summed E-state index contributed by atoms with van der Waals surface area (Å²) in [4.78, 5) is 25.7. The Labute approximate surface area is 158 Å². The largest absolute Gasteiger partial charge is 0.351 e. The van der Waals surface area contributed by atoms with Crippen molar-refractivity contribution >= 4 is 51.8 Å². The van der Waals surface area contributed by atoms with Crippen molar-refractivity contribution in [1.82, 2.24) is 5.32 Å². The van der Waals surface area contributed by atoms with E-state index in [9.17, 15) is 9.59 Å². The average Bonchev–Trinajstić information content (AvgIpc) is 3.26. The zero-order valence-corrected chi connectivity index (χ0v) is 15.5. The van der Waals surface area contributed by atoms with Gasteiger partial charge in [0.15, 0.2) is 0 Å². The lowest BCUT2D eigenvalue weighted by Gasteiger charge is -2.06. The third-order valence-corrected chi connectivity index (χ3v) is 5.52. The molecule has 2 aromatic heterocycles. The number of hydrogen-bond donors (Lipinski definition) is 2. The number of benzene rings is 1. The molecule has 2 amide bonds. The minimum Gasteiger partial charge on any atom is -0.351 e. The van der Waals surface area contributed by atoms with Crippen LogP contribution in [0.3, 0.4) is 0 Å². The summed E-state index contributed by atoms with van der Waals surface area (Å²) in [7, 11) is 0. The molecule has 0 bridgehead atoms. The van der Waals surface area contributed by atoms with E-state index in [1.807, 2.05) is 29.6 Å². The minimum atomic E-state index is -0.196.